The van der Waals surface area contributed by atoms with Crippen LogP contribution < -0.4 is 9.62 Å². The summed E-state index contributed by atoms with van der Waals surface area (Å²) in [6, 6.07) is 8.41. The second-order valence-electron chi connectivity index (χ2n) is 4.55. The van der Waals surface area contributed by atoms with Crippen molar-refractivity contribution >= 4 is 27.9 Å². The maximum absolute atomic E-state index is 13.7. The Morgan fingerprint density at radius 3 is 2.40 bits per heavy atom. The molecule has 1 heterocycles. The molecule has 0 radical (unpaired) electrons. The fraction of sp³-hybridized carbons (Fsp3) is 0.154. The van der Waals surface area contributed by atoms with Crippen molar-refractivity contribution < 1.29 is 25.5 Å². The highest BCUT2D eigenvalue weighted by Crippen LogP contribution is 2.28. The van der Waals surface area contributed by atoms with E-state index < -0.39 is 34.9 Å². The van der Waals surface area contributed by atoms with E-state index in [-0.39, 0.29) is 15.6 Å². The minimum atomic E-state index is -5.38. The molecule has 0 aliphatic rings. The van der Waals surface area contributed by atoms with Gasteiger partial charge in [-0.15, -0.1) is 0 Å². The number of aromatic nitrogens is 2. The Morgan fingerprint density at radius 1 is 1.24 bits per heavy atom. The first-order valence-electron chi connectivity index (χ1n) is 6.49. The highest BCUT2D eigenvalue weighted by molar-refractivity contribution is 7.88. The zero-order chi connectivity index (χ0) is 18.7. The van der Waals surface area contributed by atoms with E-state index in [2.05, 4.69) is 9.97 Å². The standard InChI is InChI=1S/C13H9F4N5O2S/c14-13(15,16)8-20-11-9(6-18)7-19-12(21-11)22(25(17,23)24)10-4-2-1-3-5-10/h1-5,7H,8H2,(H,19,20,21). The van der Waals surface area contributed by atoms with E-state index in [1.165, 1.54) is 24.3 Å². The molecule has 12 heteroatoms. The monoisotopic (exact) mass is 375 g/mol. The van der Waals surface area contributed by atoms with Crippen molar-refractivity contribution in [1.82, 2.24) is 9.97 Å². The number of hydrogen-bond donors (Lipinski definition) is 1. The minimum Gasteiger partial charge on any atom is -0.360 e. The van der Waals surface area contributed by atoms with Gasteiger partial charge in [0.15, 0.2) is 0 Å². The number of para-hydroxylation sites is 1. The zero-order valence-electron chi connectivity index (χ0n) is 12.2. The summed E-state index contributed by atoms with van der Waals surface area (Å²) in [5, 5.41) is 10.8. The van der Waals surface area contributed by atoms with Crippen molar-refractivity contribution in [2.75, 3.05) is 16.2 Å². The molecule has 0 unspecified atom stereocenters. The number of anilines is 3. The van der Waals surface area contributed by atoms with Crippen LogP contribution in [-0.4, -0.2) is 31.1 Å². The lowest BCUT2D eigenvalue weighted by Gasteiger charge is -2.18. The first-order chi connectivity index (χ1) is 11.6. The van der Waals surface area contributed by atoms with Crippen LogP contribution in [0.1, 0.15) is 5.56 Å². The van der Waals surface area contributed by atoms with Crippen molar-refractivity contribution in [1.29, 1.82) is 5.26 Å². The highest BCUT2D eigenvalue weighted by atomic mass is 32.3. The lowest BCUT2D eigenvalue weighted by molar-refractivity contribution is -0.115. The summed E-state index contributed by atoms with van der Waals surface area (Å²) in [6.07, 6.45) is -3.81. The van der Waals surface area contributed by atoms with Gasteiger partial charge in [0, 0.05) is 0 Å². The van der Waals surface area contributed by atoms with E-state index in [9.17, 15) is 25.5 Å². The summed E-state index contributed by atoms with van der Waals surface area (Å²) in [4.78, 5) is 7.10. The lowest BCUT2D eigenvalue weighted by atomic mass is 10.3. The molecule has 132 valence electrons. The predicted octanol–water partition coefficient (Wildman–Crippen LogP) is 2.67. The van der Waals surface area contributed by atoms with Crippen LogP contribution in [0.5, 0.6) is 0 Å². The molecule has 0 saturated carbocycles. The van der Waals surface area contributed by atoms with Gasteiger partial charge in [0.05, 0.1) is 11.9 Å². The molecule has 0 aliphatic heterocycles. The zero-order valence-corrected chi connectivity index (χ0v) is 13.0. The third kappa shape index (κ3) is 4.77. The summed E-state index contributed by atoms with van der Waals surface area (Å²) >= 11 is 0. The van der Waals surface area contributed by atoms with Crippen LogP contribution in [0.3, 0.4) is 0 Å². The van der Waals surface area contributed by atoms with Gasteiger partial charge in [-0.25, -0.2) is 4.98 Å². The van der Waals surface area contributed by atoms with Crippen LogP contribution in [0.2, 0.25) is 0 Å². The van der Waals surface area contributed by atoms with Crippen LogP contribution >= 0.6 is 0 Å². The van der Waals surface area contributed by atoms with E-state index in [0.717, 1.165) is 6.20 Å². The number of nitriles is 1. The molecule has 2 aromatic rings. The second-order valence-corrected chi connectivity index (χ2v) is 5.74. The van der Waals surface area contributed by atoms with Gasteiger partial charge >= 0.3 is 16.6 Å². The molecule has 2 rings (SSSR count). The lowest BCUT2D eigenvalue weighted by Crippen LogP contribution is -2.26. The quantitative estimate of drug-likeness (QED) is 0.637. The Bertz CT molecular complexity index is 897. The Hall–Kier alpha value is -2.94. The largest absolute Gasteiger partial charge is 0.406 e. The molecule has 1 N–H and O–H groups in total. The second kappa shape index (κ2) is 6.89. The number of rotatable bonds is 5. The molecule has 0 amide bonds. The van der Waals surface area contributed by atoms with E-state index in [1.54, 1.807) is 12.1 Å². The predicted molar refractivity (Wildman–Crippen MR) is 79.9 cm³/mol. The smallest absolute Gasteiger partial charge is 0.360 e. The number of benzene rings is 1. The van der Waals surface area contributed by atoms with Gasteiger partial charge in [-0.2, -0.15) is 36.1 Å². The summed E-state index contributed by atoms with van der Waals surface area (Å²) in [6.45, 7) is -1.52. The normalized spacial score (nSPS) is 11.6. The SMILES string of the molecule is N#Cc1cnc(N(c2ccccc2)S(=O)(=O)F)nc1NCC(F)(F)F. The number of nitrogens with zero attached hydrogens (tertiary/aromatic N) is 4. The number of hydrogen-bond acceptors (Lipinski definition) is 6. The van der Waals surface area contributed by atoms with E-state index in [1.807, 2.05) is 5.32 Å². The van der Waals surface area contributed by atoms with Crippen molar-refractivity contribution in [3.05, 3.63) is 42.1 Å². The Kier molecular flexibility index (Phi) is 5.07. The number of alkyl halides is 3. The third-order valence-electron chi connectivity index (χ3n) is 2.74. The fourth-order valence-electron chi connectivity index (χ4n) is 1.77. The van der Waals surface area contributed by atoms with Crippen LogP contribution in [0, 0.1) is 11.3 Å². The molecule has 0 spiro atoms. The molecule has 0 aliphatic carbocycles. The van der Waals surface area contributed by atoms with Crippen LogP contribution in [0.4, 0.5) is 34.5 Å². The molecular weight excluding hydrogens is 366 g/mol. The number of halogens is 4. The van der Waals surface area contributed by atoms with E-state index >= 15 is 0 Å². The third-order valence-corrected chi connectivity index (χ3v) is 3.55. The Morgan fingerprint density at radius 2 is 1.88 bits per heavy atom. The molecule has 0 saturated heterocycles. The van der Waals surface area contributed by atoms with Crippen molar-refractivity contribution in [2.45, 2.75) is 6.18 Å². The Labute approximate surface area is 139 Å². The van der Waals surface area contributed by atoms with Gasteiger partial charge in [-0.3, -0.25) is 0 Å². The average molecular weight is 375 g/mol. The van der Waals surface area contributed by atoms with Crippen LogP contribution in [0.15, 0.2) is 36.5 Å². The molecule has 1 aromatic heterocycles. The summed E-state index contributed by atoms with van der Waals surface area (Å²) in [5.41, 5.74) is -0.534. The van der Waals surface area contributed by atoms with E-state index in [0.29, 0.717) is 0 Å². The molecule has 0 fully saturated rings. The van der Waals surface area contributed by atoms with E-state index in [4.69, 9.17) is 5.26 Å². The molecule has 25 heavy (non-hydrogen) atoms. The summed E-state index contributed by atoms with van der Waals surface area (Å²) < 4.78 is 73.6. The average Bonchev–Trinajstić information content (AvgIpc) is 2.52. The van der Waals surface area contributed by atoms with Gasteiger partial charge in [0.25, 0.3) is 0 Å². The fourth-order valence-corrected chi connectivity index (χ4v) is 2.43. The molecule has 0 atom stereocenters. The van der Waals surface area contributed by atoms with Gasteiger partial charge in [-0.1, -0.05) is 22.1 Å². The Balaban J connectivity index is 2.51. The summed E-state index contributed by atoms with van der Waals surface area (Å²) in [7, 11) is -5.38. The van der Waals surface area contributed by atoms with Gasteiger partial charge in [0.1, 0.15) is 24.0 Å². The van der Waals surface area contributed by atoms with Gasteiger partial charge in [0.2, 0.25) is 5.95 Å². The van der Waals surface area contributed by atoms with Gasteiger partial charge in [-0.05, 0) is 12.1 Å². The molecule has 7 nitrogen and oxygen atoms in total. The topological polar surface area (TPSA) is 99.0 Å². The molecule has 0 bridgehead atoms. The van der Waals surface area contributed by atoms with Gasteiger partial charge < -0.3 is 5.32 Å². The number of nitrogens with one attached hydrogen (secondary N) is 1. The first-order valence-corrected chi connectivity index (χ1v) is 7.83. The van der Waals surface area contributed by atoms with Crippen molar-refractivity contribution in [3.63, 3.8) is 0 Å². The first kappa shape index (κ1) is 18.4. The summed E-state index contributed by atoms with van der Waals surface area (Å²) in [5.74, 6) is -1.33. The van der Waals surface area contributed by atoms with Crippen LogP contribution in [-0.2, 0) is 10.4 Å². The molecular formula is C13H9F4N5O2S. The maximum atomic E-state index is 13.7. The van der Waals surface area contributed by atoms with Crippen LogP contribution in [0.25, 0.3) is 0 Å². The van der Waals surface area contributed by atoms with Crippen molar-refractivity contribution in [2.24, 2.45) is 0 Å². The highest BCUT2D eigenvalue weighted by Gasteiger charge is 2.29. The molecule has 1 aromatic carbocycles. The maximum Gasteiger partial charge on any atom is 0.406 e. The van der Waals surface area contributed by atoms with Crippen molar-refractivity contribution in [3.8, 4) is 6.07 Å². The minimum absolute atomic E-state index is 0.104.